The second-order valence-electron chi connectivity index (χ2n) is 44.6. The molecule has 0 aromatic heterocycles. The molecule has 4 aromatic rings. The first-order chi connectivity index (χ1) is 52.7. The Balaban J connectivity index is 0.000000507. The Morgan fingerprint density at radius 2 is 0.655 bits per heavy atom. The summed E-state index contributed by atoms with van der Waals surface area (Å²) in [4.78, 5) is 49.4. The summed E-state index contributed by atoms with van der Waals surface area (Å²) in [6.45, 7) is 81.3. The number of carboxylic acids is 1. The fourth-order valence-corrected chi connectivity index (χ4v) is 18.1. The monoisotopic (exact) mass is 1960 g/mol. The largest absolute Gasteiger partial charge is 0.506 e. The van der Waals surface area contributed by atoms with Crippen LogP contribution in [0.2, 0.25) is 71.5 Å². The topological polar surface area (TPSA) is 265 Å². The van der Waals surface area contributed by atoms with E-state index in [1.807, 2.05) is 125 Å². The van der Waals surface area contributed by atoms with Crippen molar-refractivity contribution in [2.24, 2.45) is 27.4 Å². The van der Waals surface area contributed by atoms with Crippen molar-refractivity contribution in [2.75, 3.05) is 13.2 Å². The van der Waals surface area contributed by atoms with Crippen LogP contribution < -0.4 is 36.6 Å². The zero-order chi connectivity index (χ0) is 93.4. The van der Waals surface area contributed by atoms with Crippen LogP contribution in [0.25, 0.3) is 0 Å². The highest BCUT2D eigenvalue weighted by Crippen LogP contribution is 2.45. The summed E-state index contributed by atoms with van der Waals surface area (Å²) in [5.41, 5.74) is 4.45. The molecule has 19 nitrogen and oxygen atoms in total. The van der Waals surface area contributed by atoms with Gasteiger partial charge in [0.1, 0.15) is 17.1 Å². The van der Waals surface area contributed by atoms with Crippen molar-refractivity contribution >= 4 is 161 Å². The predicted octanol–water partition coefficient (Wildman–Crippen LogP) is 24.7. The normalized spacial score (nSPS) is 17.0. The average Bonchev–Trinajstić information content (AvgIpc) is 1.61. The van der Waals surface area contributed by atoms with E-state index < -0.39 is 65.7 Å². The number of halogens is 7. The highest BCUT2D eigenvalue weighted by atomic mass is 79.9. The summed E-state index contributed by atoms with van der Waals surface area (Å²) in [5, 5.41) is 37.9. The molecule has 0 radical (unpaired) electrons. The molecule has 7 rings (SSSR count). The van der Waals surface area contributed by atoms with E-state index in [2.05, 4.69) is 200 Å². The third-order valence-electron chi connectivity index (χ3n) is 19.8. The Bertz CT molecular complexity index is 4030. The first-order valence-electron chi connectivity index (χ1n) is 40.7. The maximum atomic E-state index is 13.6. The number of phenols is 2. The number of ether oxygens (including phenoxy) is 2. The molecule has 3 heterocycles. The fourth-order valence-electron chi connectivity index (χ4n) is 13.9. The number of benzene rings is 4. The maximum Gasteiger partial charge on any atom is 0.494 e. The van der Waals surface area contributed by atoms with Crippen molar-refractivity contribution in [1.82, 2.24) is 16.0 Å². The number of phenolic OH excluding ortho intramolecular Hbond substituents is 1. The molecule has 0 aliphatic carbocycles. The summed E-state index contributed by atoms with van der Waals surface area (Å²) in [6, 6.07) is 14.9. The van der Waals surface area contributed by atoms with Crippen molar-refractivity contribution in [2.45, 2.75) is 354 Å². The Labute approximate surface area is 764 Å². The van der Waals surface area contributed by atoms with Crippen LogP contribution in [-0.2, 0) is 27.9 Å². The summed E-state index contributed by atoms with van der Waals surface area (Å²) in [6.07, 6.45) is 3.57. The molecule has 3 aliphatic heterocycles. The quantitative estimate of drug-likeness (QED) is 0.0382. The van der Waals surface area contributed by atoms with E-state index in [1.54, 1.807) is 36.4 Å². The first kappa shape index (κ1) is 112. The third-order valence-corrected chi connectivity index (χ3v) is 25.8. The number of carbonyl (C=O) groups excluding carboxylic acids is 3. The molecule has 674 valence electrons. The van der Waals surface area contributed by atoms with Crippen LogP contribution in [0.1, 0.15) is 289 Å². The van der Waals surface area contributed by atoms with Gasteiger partial charge in [-0.2, -0.15) is 0 Å². The number of nitrogens with one attached hydrogen (secondary N) is 3. The number of amides is 3. The molecule has 4 aromatic carbocycles. The minimum absolute atomic E-state index is 0.0155. The van der Waals surface area contributed by atoms with E-state index in [0.29, 0.717) is 65.7 Å². The Morgan fingerprint density at radius 3 is 0.933 bits per heavy atom. The highest BCUT2D eigenvalue weighted by Gasteiger charge is 2.64. The SMILES string of the molecule is CC(C)(C)CC(C)(C)N.CC(C)(C)CC(C)(C)NC(=O)c1cc(B2OC(C)(C)C(C)(C)O2)cc(Cl)c1OCC[Si](C)(C)C.CC(C)(C)CC(C)(C)NC(=O)c1cc(Br)cc(Cl)c1O.CC(C)(C)CC(C)(C)NC(=O)c1cc(Br)cc(Cl)c1OCC[Si](C)(C)C.CC1(C)OB(B2OC(C)(C)C(C)(C)O2)OC1(C)C.O=C(O)c1cc(Br)cc(Cl)c1O. The minimum atomic E-state index is -1.31. The maximum absolute atomic E-state index is 13.6. The smallest absolute Gasteiger partial charge is 0.494 e. The molecule has 8 N–H and O–H groups in total. The van der Waals surface area contributed by atoms with E-state index in [-0.39, 0.29) is 99.9 Å². The molecule has 119 heavy (non-hydrogen) atoms. The molecular weight excluding hydrogens is 1820 g/mol. The Kier molecular flexibility index (Phi) is 39.3. The highest BCUT2D eigenvalue weighted by molar-refractivity contribution is 9.11. The van der Waals surface area contributed by atoms with E-state index in [9.17, 15) is 24.3 Å². The van der Waals surface area contributed by atoms with Crippen molar-refractivity contribution < 1.29 is 71.9 Å². The van der Waals surface area contributed by atoms with Crippen LogP contribution in [-0.4, -0.2) is 145 Å². The number of carbonyl (C=O) groups is 4. The molecule has 0 atom stereocenters. The molecular formula is C88H146B3Br3Cl4N4O15Si2. The van der Waals surface area contributed by atoms with Gasteiger partial charge in [0, 0.05) is 51.7 Å². The standard InChI is InChI=1S/C26H45BClNO4Si.C20H33BrClNO2Si.C15H21BrClNO2.C12H24B2O4.C8H19N.C7H4BrClO3/c1-23(2,3)17-24(4,5)29-22(30)19-15-18(27-32-25(6,7)26(8,9)33-27)16-20(28)21(19)31-13-14-34(10,11)12;1-19(2,3)13-20(4,5)23-18(24)15-11-14(21)12-16(22)17(15)25-9-10-26(6,7)8;1-14(2,3)8-15(4,5)18-13(20)10-6-9(16)7-11(17)12(10)19;1-9(2)10(3,4)16-13(15-9)14-17-11(5,6)12(7,8)18-14;1-7(2,3)6-8(4,5)9;8-3-1-4(7(11)12)6(10)5(9)2-3/h15-16H,13-14,17H2,1-12H3,(H,29,30);11-12H,9-10,13H2,1-8H3,(H,23,24);6-7,19H,8H2,1-5H3,(H,18,20);1-8H3;6,9H2,1-5H3;1-2,10H,(H,11,12). The van der Waals surface area contributed by atoms with Crippen molar-refractivity contribution in [1.29, 1.82) is 0 Å². The lowest BCUT2D eigenvalue weighted by molar-refractivity contribution is 0.00578. The predicted molar refractivity (Wildman–Crippen MR) is 514 cm³/mol. The summed E-state index contributed by atoms with van der Waals surface area (Å²) < 4.78 is 50.3. The number of carboxylic acid groups (broad SMARTS) is 1. The zero-order valence-electron chi connectivity index (χ0n) is 79.0. The third kappa shape index (κ3) is 38.6. The first-order valence-corrected chi connectivity index (χ1v) is 52.1. The number of nitrogens with two attached hydrogens (primary N) is 1. The Hall–Kier alpha value is -3.09. The number of rotatable bonds is 21. The van der Waals surface area contributed by atoms with Crippen LogP contribution in [0.5, 0.6) is 23.0 Å². The molecule has 3 amide bonds. The van der Waals surface area contributed by atoms with Gasteiger partial charge in [0.25, 0.3) is 17.7 Å². The van der Waals surface area contributed by atoms with Gasteiger partial charge in [-0.05, 0) is 252 Å². The van der Waals surface area contributed by atoms with Gasteiger partial charge < -0.3 is 74.4 Å². The van der Waals surface area contributed by atoms with Gasteiger partial charge in [0.2, 0.25) is 0 Å². The van der Waals surface area contributed by atoms with Crippen LogP contribution in [0, 0.1) is 21.7 Å². The lowest BCUT2D eigenvalue weighted by Gasteiger charge is -2.33. The molecule has 0 saturated carbocycles. The van der Waals surface area contributed by atoms with Crippen LogP contribution in [0.4, 0.5) is 0 Å². The van der Waals surface area contributed by atoms with Crippen molar-refractivity contribution in [3.63, 3.8) is 0 Å². The van der Waals surface area contributed by atoms with Gasteiger partial charge in [0.05, 0.1) is 83.6 Å². The molecule has 0 bridgehead atoms. The number of hydrogen-bond acceptors (Lipinski definition) is 15. The number of aromatic hydroxyl groups is 2. The molecule has 3 fully saturated rings. The lowest BCUT2D eigenvalue weighted by Crippen LogP contribution is -2.46. The second kappa shape index (κ2) is 41.8. The van der Waals surface area contributed by atoms with Gasteiger partial charge in [0.15, 0.2) is 11.5 Å². The van der Waals surface area contributed by atoms with E-state index in [4.69, 9.17) is 99.8 Å². The van der Waals surface area contributed by atoms with Crippen LogP contribution >= 0.6 is 94.2 Å². The second-order valence-corrected chi connectivity index (χ2v) is 60.2. The van der Waals surface area contributed by atoms with Gasteiger partial charge in [-0.1, -0.05) is 217 Å². The van der Waals surface area contributed by atoms with Gasteiger partial charge >= 0.3 is 27.1 Å². The van der Waals surface area contributed by atoms with E-state index in [1.165, 1.54) is 12.1 Å². The summed E-state index contributed by atoms with van der Waals surface area (Å²) in [5.74, 6) is -1.63. The molecule has 31 heteroatoms. The average molecular weight is 1970 g/mol. The molecule has 3 saturated heterocycles. The van der Waals surface area contributed by atoms with E-state index >= 15 is 0 Å². The lowest BCUT2D eigenvalue weighted by atomic mass is 9.49. The van der Waals surface area contributed by atoms with Crippen molar-refractivity contribution in [3.05, 3.63) is 104 Å². The number of aromatic carboxylic acids is 1. The molecule has 3 aliphatic rings. The van der Waals surface area contributed by atoms with Gasteiger partial charge in [-0.15, -0.1) is 0 Å². The van der Waals surface area contributed by atoms with Gasteiger partial charge in [-0.3, -0.25) is 14.4 Å². The zero-order valence-corrected chi connectivity index (χ0v) is 88.8. The molecule has 0 unspecified atom stereocenters. The minimum Gasteiger partial charge on any atom is -0.506 e. The summed E-state index contributed by atoms with van der Waals surface area (Å²) in [7, 11) is -4.11. The summed E-state index contributed by atoms with van der Waals surface area (Å²) >= 11 is 34.3. The van der Waals surface area contributed by atoms with Crippen LogP contribution in [0.15, 0.2) is 61.9 Å². The molecule has 0 spiro atoms. The van der Waals surface area contributed by atoms with E-state index in [0.717, 1.165) is 42.2 Å². The fraction of sp³-hybridized carbons (Fsp3) is 0.682. The van der Waals surface area contributed by atoms with Gasteiger partial charge in [-0.25, -0.2) is 4.79 Å². The van der Waals surface area contributed by atoms with Crippen molar-refractivity contribution in [3.8, 4) is 23.0 Å². The Morgan fingerprint density at radius 1 is 0.403 bits per heavy atom. The number of hydrogen-bond donors (Lipinski definition) is 7. The van der Waals surface area contributed by atoms with Crippen LogP contribution in [0.3, 0.4) is 0 Å².